The molecule has 8 heteroatoms. The molecular weight excluding hydrogens is 420 g/mol. The van der Waals surface area contributed by atoms with Crippen molar-refractivity contribution in [1.29, 1.82) is 0 Å². The second-order valence-electron chi connectivity index (χ2n) is 6.74. The highest BCUT2D eigenvalue weighted by molar-refractivity contribution is 7.16. The molecule has 0 radical (unpaired) electrons. The Bertz CT molecular complexity index is 1330. The summed E-state index contributed by atoms with van der Waals surface area (Å²) in [5.74, 6) is 0. The van der Waals surface area contributed by atoms with Crippen LogP contribution in [0, 0.1) is 17.0 Å². The van der Waals surface area contributed by atoms with Gasteiger partial charge >= 0.3 is 0 Å². The molecule has 0 aliphatic heterocycles. The molecule has 0 unspecified atom stereocenters. The summed E-state index contributed by atoms with van der Waals surface area (Å²) in [5.41, 5.74) is 3.83. The minimum Gasteiger partial charge on any atom is -0.311 e. The number of hydrogen-bond donors (Lipinski definition) is 0. The van der Waals surface area contributed by atoms with Gasteiger partial charge in [0.25, 0.3) is 5.69 Å². The van der Waals surface area contributed by atoms with E-state index in [0.29, 0.717) is 12.1 Å². The van der Waals surface area contributed by atoms with Crippen molar-refractivity contribution in [3.63, 3.8) is 0 Å². The SMILES string of the molecule is Cc1ccc2c(c1)s/c(=N\N=C/c1ccc(Cl)c([N+](=O)[O-])c1)n2Cc1ccccc1. The number of nitrogens with zero attached hydrogens (tertiary/aromatic N) is 4. The molecule has 0 amide bonds. The molecule has 4 rings (SSSR count). The van der Waals surface area contributed by atoms with Gasteiger partial charge in [-0.25, -0.2) is 0 Å². The standard InChI is InChI=1S/C22H17ClN4O2S/c1-15-7-10-19-21(11-15)30-22(26(19)14-16-5-3-2-4-6-16)25-24-13-17-8-9-18(23)20(12-17)27(28)29/h2-13H,14H2,1H3/b24-13-,25-22-. The Morgan fingerprint density at radius 2 is 1.93 bits per heavy atom. The van der Waals surface area contributed by atoms with Crippen molar-refractivity contribution in [2.75, 3.05) is 0 Å². The van der Waals surface area contributed by atoms with Crippen LogP contribution in [0.4, 0.5) is 5.69 Å². The molecule has 0 bridgehead atoms. The van der Waals surface area contributed by atoms with Crippen molar-refractivity contribution in [3.8, 4) is 0 Å². The first-order valence-electron chi connectivity index (χ1n) is 9.16. The van der Waals surface area contributed by atoms with E-state index in [1.54, 1.807) is 17.4 Å². The first-order valence-corrected chi connectivity index (χ1v) is 10.4. The summed E-state index contributed by atoms with van der Waals surface area (Å²) >= 11 is 7.42. The molecule has 0 saturated carbocycles. The summed E-state index contributed by atoms with van der Waals surface area (Å²) < 4.78 is 3.25. The van der Waals surface area contributed by atoms with Crippen LogP contribution in [-0.2, 0) is 6.54 Å². The average molecular weight is 437 g/mol. The van der Waals surface area contributed by atoms with E-state index in [1.165, 1.54) is 23.9 Å². The first kappa shape index (κ1) is 20.0. The van der Waals surface area contributed by atoms with Crippen LogP contribution in [0.1, 0.15) is 16.7 Å². The topological polar surface area (TPSA) is 72.8 Å². The lowest BCUT2D eigenvalue weighted by atomic mass is 10.2. The number of benzene rings is 3. The number of halogens is 1. The van der Waals surface area contributed by atoms with Crippen LogP contribution >= 0.6 is 22.9 Å². The predicted octanol–water partition coefficient (Wildman–Crippen LogP) is 5.56. The largest absolute Gasteiger partial charge is 0.311 e. The molecule has 1 heterocycles. The van der Waals surface area contributed by atoms with Crippen molar-refractivity contribution in [2.24, 2.45) is 10.2 Å². The zero-order chi connectivity index (χ0) is 21.1. The minimum atomic E-state index is -0.515. The molecule has 1 aromatic heterocycles. The third-order valence-corrected chi connectivity index (χ3v) is 5.89. The number of thiazole rings is 1. The number of aryl methyl sites for hydroxylation is 1. The van der Waals surface area contributed by atoms with Gasteiger partial charge in [-0.3, -0.25) is 10.1 Å². The quantitative estimate of drug-likeness (QED) is 0.233. The van der Waals surface area contributed by atoms with Gasteiger partial charge in [0.1, 0.15) is 5.02 Å². The van der Waals surface area contributed by atoms with Crippen molar-refractivity contribution in [1.82, 2.24) is 4.57 Å². The van der Waals surface area contributed by atoms with E-state index in [4.69, 9.17) is 11.6 Å². The van der Waals surface area contributed by atoms with Crippen LogP contribution in [0.15, 0.2) is 76.9 Å². The molecule has 0 atom stereocenters. The van der Waals surface area contributed by atoms with Gasteiger partial charge in [-0.15, -0.1) is 5.10 Å². The summed E-state index contributed by atoms with van der Waals surface area (Å²) in [4.78, 5) is 11.3. The van der Waals surface area contributed by atoms with Crippen molar-refractivity contribution >= 4 is 45.1 Å². The Hall–Kier alpha value is -3.29. The van der Waals surface area contributed by atoms with Gasteiger partial charge in [0.2, 0.25) is 4.80 Å². The van der Waals surface area contributed by atoms with Gasteiger partial charge in [0, 0.05) is 11.6 Å². The molecule has 0 fully saturated rings. The van der Waals surface area contributed by atoms with E-state index in [1.807, 2.05) is 18.2 Å². The molecule has 3 aromatic carbocycles. The predicted molar refractivity (Wildman–Crippen MR) is 121 cm³/mol. The third-order valence-electron chi connectivity index (χ3n) is 4.54. The average Bonchev–Trinajstić information content (AvgIpc) is 3.06. The number of aromatic nitrogens is 1. The lowest BCUT2D eigenvalue weighted by Crippen LogP contribution is -2.15. The molecule has 0 saturated heterocycles. The number of nitro benzene ring substituents is 1. The van der Waals surface area contributed by atoms with E-state index >= 15 is 0 Å². The molecular formula is C22H17ClN4O2S. The molecule has 0 aliphatic rings. The summed E-state index contributed by atoms with van der Waals surface area (Å²) in [5, 5.41) is 19.8. The summed E-state index contributed by atoms with van der Waals surface area (Å²) in [6.07, 6.45) is 1.49. The number of nitro groups is 1. The second kappa shape index (κ2) is 8.61. The van der Waals surface area contributed by atoms with E-state index in [2.05, 4.69) is 52.0 Å². The van der Waals surface area contributed by atoms with Crippen molar-refractivity contribution in [3.05, 3.63) is 103 Å². The Labute approximate surface area is 181 Å². The van der Waals surface area contributed by atoms with E-state index in [9.17, 15) is 10.1 Å². The Morgan fingerprint density at radius 1 is 1.13 bits per heavy atom. The van der Waals surface area contributed by atoms with Crippen LogP contribution < -0.4 is 4.80 Å². The van der Waals surface area contributed by atoms with Crippen molar-refractivity contribution in [2.45, 2.75) is 13.5 Å². The summed E-state index contributed by atoms with van der Waals surface area (Å²) in [6, 6.07) is 21.0. The van der Waals surface area contributed by atoms with Gasteiger partial charge in [-0.1, -0.05) is 65.4 Å². The van der Waals surface area contributed by atoms with Gasteiger partial charge in [0.05, 0.1) is 27.9 Å². The zero-order valence-electron chi connectivity index (χ0n) is 16.0. The molecule has 4 aromatic rings. The van der Waals surface area contributed by atoms with Gasteiger partial charge < -0.3 is 4.57 Å². The van der Waals surface area contributed by atoms with Gasteiger partial charge in [-0.2, -0.15) is 5.10 Å². The highest BCUT2D eigenvalue weighted by atomic mass is 35.5. The maximum atomic E-state index is 11.1. The van der Waals surface area contributed by atoms with E-state index < -0.39 is 4.92 Å². The molecule has 6 nitrogen and oxygen atoms in total. The molecule has 0 spiro atoms. The van der Waals surface area contributed by atoms with E-state index in [0.717, 1.165) is 20.6 Å². The van der Waals surface area contributed by atoms with Crippen LogP contribution in [-0.4, -0.2) is 15.7 Å². The fraction of sp³-hybridized carbons (Fsp3) is 0.0909. The summed E-state index contributed by atoms with van der Waals surface area (Å²) in [6.45, 7) is 2.73. The third kappa shape index (κ3) is 4.32. The number of fused-ring (bicyclic) bond motifs is 1. The maximum Gasteiger partial charge on any atom is 0.288 e. The van der Waals surface area contributed by atoms with Gasteiger partial charge in [-0.05, 0) is 36.2 Å². The normalized spacial score (nSPS) is 12.1. The Balaban J connectivity index is 1.75. The number of rotatable bonds is 5. The van der Waals surface area contributed by atoms with Crippen LogP contribution in [0.2, 0.25) is 5.02 Å². The Kier molecular flexibility index (Phi) is 5.74. The lowest BCUT2D eigenvalue weighted by Gasteiger charge is -2.05. The van der Waals surface area contributed by atoms with Crippen molar-refractivity contribution < 1.29 is 4.92 Å². The van der Waals surface area contributed by atoms with Crippen LogP contribution in [0.5, 0.6) is 0 Å². The highest BCUT2D eigenvalue weighted by Gasteiger charge is 2.12. The molecule has 30 heavy (non-hydrogen) atoms. The fourth-order valence-corrected chi connectivity index (χ4v) is 4.34. The maximum absolute atomic E-state index is 11.1. The van der Waals surface area contributed by atoms with E-state index in [-0.39, 0.29) is 10.7 Å². The fourth-order valence-electron chi connectivity index (χ4n) is 3.07. The van der Waals surface area contributed by atoms with Crippen LogP contribution in [0.3, 0.4) is 0 Å². The zero-order valence-corrected chi connectivity index (χ0v) is 17.6. The molecule has 0 aliphatic carbocycles. The van der Waals surface area contributed by atoms with Gasteiger partial charge in [0.15, 0.2) is 0 Å². The minimum absolute atomic E-state index is 0.0923. The second-order valence-corrected chi connectivity index (χ2v) is 8.16. The smallest absolute Gasteiger partial charge is 0.288 e. The lowest BCUT2D eigenvalue weighted by molar-refractivity contribution is -0.384. The number of hydrogen-bond acceptors (Lipinski definition) is 5. The first-order chi connectivity index (χ1) is 14.5. The summed E-state index contributed by atoms with van der Waals surface area (Å²) in [7, 11) is 0. The molecule has 150 valence electrons. The highest BCUT2D eigenvalue weighted by Crippen LogP contribution is 2.24. The monoisotopic (exact) mass is 436 g/mol. The molecule has 0 N–H and O–H groups in total. The van der Waals surface area contributed by atoms with Crippen LogP contribution in [0.25, 0.3) is 10.2 Å². The Morgan fingerprint density at radius 3 is 2.70 bits per heavy atom.